The second kappa shape index (κ2) is 11.1. The molecule has 0 atom stereocenters. The van der Waals surface area contributed by atoms with Crippen molar-refractivity contribution in [2.24, 2.45) is 5.10 Å². The Labute approximate surface area is 186 Å². The van der Waals surface area contributed by atoms with Crippen molar-refractivity contribution in [1.29, 1.82) is 0 Å². The number of rotatable bonds is 8. The molecule has 2 amide bonds. The minimum Gasteiger partial charge on any atom is -0.496 e. The second-order valence-electron chi connectivity index (χ2n) is 7.09. The summed E-state index contributed by atoms with van der Waals surface area (Å²) < 4.78 is 21.5. The first-order valence-corrected chi connectivity index (χ1v) is 10.2. The lowest BCUT2D eigenvalue weighted by Crippen LogP contribution is -2.43. The van der Waals surface area contributed by atoms with Gasteiger partial charge in [-0.3, -0.25) is 9.59 Å². The summed E-state index contributed by atoms with van der Waals surface area (Å²) in [6.07, 6.45) is 1.49. The van der Waals surface area contributed by atoms with Crippen LogP contribution in [-0.2, 0) is 9.53 Å². The van der Waals surface area contributed by atoms with Crippen molar-refractivity contribution in [2.45, 2.75) is 6.92 Å². The molecule has 1 heterocycles. The molecule has 0 saturated carbocycles. The van der Waals surface area contributed by atoms with Crippen molar-refractivity contribution in [3.63, 3.8) is 0 Å². The number of carbonyl (C=O) groups is 2. The van der Waals surface area contributed by atoms with Gasteiger partial charge in [-0.1, -0.05) is 6.07 Å². The van der Waals surface area contributed by atoms with E-state index in [1.54, 1.807) is 35.2 Å². The third-order valence-electron chi connectivity index (χ3n) is 4.88. The summed E-state index contributed by atoms with van der Waals surface area (Å²) >= 11 is 0. The van der Waals surface area contributed by atoms with Crippen molar-refractivity contribution in [3.8, 4) is 17.2 Å². The zero-order chi connectivity index (χ0) is 22.9. The van der Waals surface area contributed by atoms with Crippen LogP contribution in [0.5, 0.6) is 17.2 Å². The third kappa shape index (κ3) is 5.98. The molecule has 0 aromatic heterocycles. The Hall–Kier alpha value is -3.59. The number of ether oxygens (including phenoxy) is 4. The second-order valence-corrected chi connectivity index (χ2v) is 7.09. The molecule has 170 valence electrons. The molecule has 32 heavy (non-hydrogen) atoms. The Kier molecular flexibility index (Phi) is 8.04. The predicted molar refractivity (Wildman–Crippen MR) is 119 cm³/mol. The fourth-order valence-corrected chi connectivity index (χ4v) is 3.14. The average Bonchev–Trinajstić information content (AvgIpc) is 2.83. The minimum atomic E-state index is -0.383. The van der Waals surface area contributed by atoms with Crippen molar-refractivity contribution in [3.05, 3.63) is 53.1 Å². The molecule has 1 fully saturated rings. The molecule has 2 aromatic carbocycles. The van der Waals surface area contributed by atoms with Crippen molar-refractivity contribution >= 4 is 18.0 Å². The van der Waals surface area contributed by atoms with Crippen LogP contribution in [0.2, 0.25) is 0 Å². The molecule has 0 bridgehead atoms. The highest BCUT2D eigenvalue weighted by Gasteiger charge is 2.18. The van der Waals surface area contributed by atoms with Crippen molar-refractivity contribution in [1.82, 2.24) is 10.3 Å². The lowest BCUT2D eigenvalue weighted by Gasteiger charge is -2.26. The first-order chi connectivity index (χ1) is 15.5. The van der Waals surface area contributed by atoms with Crippen molar-refractivity contribution in [2.75, 3.05) is 47.1 Å². The van der Waals surface area contributed by atoms with E-state index in [1.165, 1.54) is 20.4 Å². The van der Waals surface area contributed by atoms with Gasteiger partial charge in [-0.2, -0.15) is 5.10 Å². The summed E-state index contributed by atoms with van der Waals surface area (Å²) in [6.45, 7) is 4.04. The van der Waals surface area contributed by atoms with Gasteiger partial charge in [0.2, 0.25) is 0 Å². The SMILES string of the molecule is COc1cc(/C=N\NC(=O)c2ccc(C)cc2OC)ccc1OCC(=O)N1CCOCC1. The third-order valence-corrected chi connectivity index (χ3v) is 4.88. The van der Waals surface area contributed by atoms with Crippen molar-refractivity contribution < 1.29 is 28.5 Å². The van der Waals surface area contributed by atoms with E-state index in [0.29, 0.717) is 54.7 Å². The average molecular weight is 441 g/mol. The molecular formula is C23H27N3O6. The first-order valence-electron chi connectivity index (χ1n) is 10.2. The van der Waals surface area contributed by atoms with Gasteiger partial charge < -0.3 is 23.8 Å². The minimum absolute atomic E-state index is 0.0851. The number of hydrogen-bond acceptors (Lipinski definition) is 7. The van der Waals surface area contributed by atoms with E-state index >= 15 is 0 Å². The molecule has 0 aliphatic carbocycles. The molecule has 1 N–H and O–H groups in total. The zero-order valence-corrected chi connectivity index (χ0v) is 18.4. The van der Waals surface area contributed by atoms with Crippen LogP contribution in [0.3, 0.4) is 0 Å². The lowest BCUT2D eigenvalue weighted by molar-refractivity contribution is -0.137. The topological polar surface area (TPSA) is 98.7 Å². The number of hydrogen-bond donors (Lipinski definition) is 1. The fourth-order valence-electron chi connectivity index (χ4n) is 3.14. The van der Waals surface area contributed by atoms with Gasteiger partial charge in [0.15, 0.2) is 18.1 Å². The van der Waals surface area contributed by atoms with E-state index in [2.05, 4.69) is 10.5 Å². The van der Waals surface area contributed by atoms with Crippen LogP contribution >= 0.6 is 0 Å². The van der Waals surface area contributed by atoms with Crippen LogP contribution in [0.4, 0.5) is 0 Å². The van der Waals surface area contributed by atoms with Gasteiger partial charge in [0, 0.05) is 13.1 Å². The van der Waals surface area contributed by atoms with Gasteiger partial charge in [0.1, 0.15) is 5.75 Å². The van der Waals surface area contributed by atoms with E-state index in [0.717, 1.165) is 5.56 Å². The molecule has 9 nitrogen and oxygen atoms in total. The van der Waals surface area contributed by atoms with Gasteiger partial charge >= 0.3 is 0 Å². The number of hydrazone groups is 1. The maximum absolute atomic E-state index is 12.4. The quantitative estimate of drug-likeness (QED) is 0.497. The molecule has 0 unspecified atom stereocenters. The highest BCUT2D eigenvalue weighted by Crippen LogP contribution is 2.27. The van der Waals surface area contributed by atoms with Crippen LogP contribution < -0.4 is 19.6 Å². The summed E-state index contributed by atoms with van der Waals surface area (Å²) in [6, 6.07) is 10.4. The molecule has 1 saturated heterocycles. The lowest BCUT2D eigenvalue weighted by atomic mass is 10.1. The number of nitrogens with one attached hydrogen (secondary N) is 1. The molecule has 0 radical (unpaired) electrons. The molecule has 1 aliphatic heterocycles. The number of nitrogens with zero attached hydrogens (tertiary/aromatic N) is 2. The number of methoxy groups -OCH3 is 2. The smallest absolute Gasteiger partial charge is 0.275 e. The standard InChI is InChI=1S/C23H27N3O6/c1-16-4-6-18(20(12-16)29-2)23(28)25-24-14-17-5-7-19(21(13-17)30-3)32-15-22(27)26-8-10-31-11-9-26/h4-7,12-14H,8-11,15H2,1-3H3,(H,25,28)/b24-14-. The van der Waals surface area contributed by atoms with E-state index < -0.39 is 0 Å². The first kappa shape index (κ1) is 23.1. The van der Waals surface area contributed by atoms with E-state index in [1.807, 2.05) is 13.0 Å². The van der Waals surface area contributed by atoms with E-state index in [4.69, 9.17) is 18.9 Å². The zero-order valence-electron chi connectivity index (χ0n) is 18.4. The molecule has 0 spiro atoms. The molecule has 1 aliphatic rings. The molecule has 9 heteroatoms. The Morgan fingerprint density at radius 2 is 1.81 bits per heavy atom. The Bertz CT molecular complexity index is 986. The molecular weight excluding hydrogens is 414 g/mol. The highest BCUT2D eigenvalue weighted by atomic mass is 16.5. The number of amides is 2. The summed E-state index contributed by atoms with van der Waals surface area (Å²) in [4.78, 5) is 26.4. The van der Waals surface area contributed by atoms with Gasteiger partial charge in [0.25, 0.3) is 11.8 Å². The maximum Gasteiger partial charge on any atom is 0.275 e. The summed E-state index contributed by atoms with van der Waals surface area (Å²) in [5.74, 6) is 0.893. The largest absolute Gasteiger partial charge is 0.496 e. The predicted octanol–water partition coefficient (Wildman–Crippen LogP) is 2.01. The van der Waals surface area contributed by atoms with E-state index in [9.17, 15) is 9.59 Å². The fraction of sp³-hybridized carbons (Fsp3) is 0.348. The van der Waals surface area contributed by atoms with Crippen LogP contribution in [0.25, 0.3) is 0 Å². The monoisotopic (exact) mass is 441 g/mol. The van der Waals surface area contributed by atoms with Crippen LogP contribution in [-0.4, -0.2) is 70.1 Å². The van der Waals surface area contributed by atoms with E-state index in [-0.39, 0.29) is 18.4 Å². The maximum atomic E-state index is 12.4. The Morgan fingerprint density at radius 3 is 2.53 bits per heavy atom. The summed E-state index contributed by atoms with van der Waals surface area (Å²) in [5, 5.41) is 4.01. The number of aryl methyl sites for hydroxylation is 1. The van der Waals surface area contributed by atoms with Crippen LogP contribution in [0.1, 0.15) is 21.5 Å². The number of morpholine rings is 1. The normalized spacial score (nSPS) is 13.7. The van der Waals surface area contributed by atoms with Crippen LogP contribution in [0.15, 0.2) is 41.5 Å². The Morgan fingerprint density at radius 1 is 1.06 bits per heavy atom. The molecule has 2 aromatic rings. The highest BCUT2D eigenvalue weighted by molar-refractivity contribution is 5.97. The number of carbonyl (C=O) groups excluding carboxylic acids is 2. The van der Waals surface area contributed by atoms with Gasteiger partial charge in [-0.15, -0.1) is 0 Å². The molecule has 3 rings (SSSR count). The van der Waals surface area contributed by atoms with Crippen LogP contribution in [0, 0.1) is 6.92 Å². The number of benzene rings is 2. The van der Waals surface area contributed by atoms with Gasteiger partial charge in [-0.25, -0.2) is 5.43 Å². The summed E-state index contributed by atoms with van der Waals surface area (Å²) in [5.41, 5.74) is 4.55. The van der Waals surface area contributed by atoms with Gasteiger partial charge in [-0.05, 0) is 48.4 Å². The summed E-state index contributed by atoms with van der Waals surface area (Å²) in [7, 11) is 3.03. The Balaban J connectivity index is 1.59. The van der Waals surface area contributed by atoms with Gasteiger partial charge in [0.05, 0.1) is 39.2 Å².